The topological polar surface area (TPSA) is 26.2 Å². The Labute approximate surface area is 113 Å². The Morgan fingerprint density at radius 1 is 1.33 bits per heavy atom. The van der Waals surface area contributed by atoms with Gasteiger partial charge in [-0.2, -0.15) is 0 Å². The summed E-state index contributed by atoms with van der Waals surface area (Å²) in [7, 11) is 5.64. The molecule has 0 bridgehead atoms. The maximum absolute atomic E-state index is 6.37. The Morgan fingerprint density at radius 2 is 2.00 bits per heavy atom. The minimum atomic E-state index is -0.143. The van der Waals surface area contributed by atoms with Crippen molar-refractivity contribution in [1.82, 2.24) is 9.88 Å². The summed E-state index contributed by atoms with van der Waals surface area (Å²) in [5, 5.41) is 5.12. The van der Waals surface area contributed by atoms with Crippen LogP contribution in [-0.4, -0.2) is 18.7 Å². The minimum Gasteiger partial charge on any atom is -0.495 e. The first-order valence-corrected chi connectivity index (χ1v) is 6.31. The summed E-state index contributed by atoms with van der Waals surface area (Å²) >= 11 is 6.37. The number of hydrogen-bond acceptors (Lipinski definition) is 2. The Bertz CT molecular complexity index is 587. The number of methoxy groups -OCH3 is 1. The van der Waals surface area contributed by atoms with Crippen molar-refractivity contribution in [2.45, 2.75) is 19.4 Å². The predicted octanol–water partition coefficient (Wildman–Crippen LogP) is 3.29. The number of fused-ring (bicyclic) bond motifs is 1. The van der Waals surface area contributed by atoms with E-state index in [-0.39, 0.29) is 5.54 Å². The molecule has 0 aliphatic carbocycles. The zero-order valence-electron chi connectivity index (χ0n) is 11.5. The van der Waals surface area contributed by atoms with Crippen LogP contribution in [0.15, 0.2) is 18.3 Å². The zero-order valence-corrected chi connectivity index (χ0v) is 12.2. The molecule has 1 heterocycles. The van der Waals surface area contributed by atoms with E-state index in [1.165, 1.54) is 5.56 Å². The maximum atomic E-state index is 6.37. The first-order valence-electron chi connectivity index (χ1n) is 5.93. The summed E-state index contributed by atoms with van der Waals surface area (Å²) in [6, 6.07) is 3.79. The van der Waals surface area contributed by atoms with Crippen molar-refractivity contribution in [3.8, 4) is 5.75 Å². The second-order valence-corrected chi connectivity index (χ2v) is 5.41. The van der Waals surface area contributed by atoms with Crippen LogP contribution < -0.4 is 10.1 Å². The van der Waals surface area contributed by atoms with E-state index >= 15 is 0 Å². The third kappa shape index (κ3) is 1.88. The van der Waals surface area contributed by atoms with Gasteiger partial charge in [-0.15, -0.1) is 0 Å². The molecule has 1 aromatic heterocycles. The molecule has 0 radical (unpaired) electrons. The minimum absolute atomic E-state index is 0.143. The quantitative estimate of drug-likeness (QED) is 0.923. The summed E-state index contributed by atoms with van der Waals surface area (Å²) in [6.07, 6.45) is 2.11. The molecule has 4 heteroatoms. The Morgan fingerprint density at radius 3 is 2.56 bits per heavy atom. The second-order valence-electron chi connectivity index (χ2n) is 5.00. The molecule has 0 aliphatic rings. The Balaban J connectivity index is 2.86. The van der Waals surface area contributed by atoms with Crippen molar-refractivity contribution in [2.75, 3.05) is 14.2 Å². The maximum Gasteiger partial charge on any atom is 0.143 e. The highest BCUT2D eigenvalue weighted by Gasteiger charge is 2.25. The molecule has 3 nitrogen and oxygen atoms in total. The normalized spacial score (nSPS) is 12.1. The smallest absolute Gasteiger partial charge is 0.143 e. The molecule has 2 rings (SSSR count). The van der Waals surface area contributed by atoms with E-state index in [9.17, 15) is 0 Å². The van der Waals surface area contributed by atoms with Crippen molar-refractivity contribution in [1.29, 1.82) is 0 Å². The monoisotopic (exact) mass is 266 g/mol. The van der Waals surface area contributed by atoms with Crippen LogP contribution in [0.25, 0.3) is 10.9 Å². The molecule has 0 saturated heterocycles. The number of ether oxygens (including phenoxy) is 1. The first kappa shape index (κ1) is 13.2. The van der Waals surface area contributed by atoms with Gasteiger partial charge in [-0.25, -0.2) is 0 Å². The van der Waals surface area contributed by atoms with Crippen LogP contribution in [0.3, 0.4) is 0 Å². The highest BCUT2D eigenvalue weighted by Crippen LogP contribution is 2.38. The Hall–Kier alpha value is -1.19. The lowest BCUT2D eigenvalue weighted by Crippen LogP contribution is -2.32. The molecule has 1 aromatic carbocycles. The van der Waals surface area contributed by atoms with Gasteiger partial charge in [0.1, 0.15) is 5.75 Å². The number of benzene rings is 1. The molecule has 0 saturated carbocycles. The standard InChI is InChI=1S/C14H19ClN2O/c1-14(2,16-3)9-8-17(4)13-11(18-5)7-6-10(15)12(9)13/h6-8,16H,1-5H3. The fourth-order valence-electron chi connectivity index (χ4n) is 2.25. The number of aryl methyl sites for hydroxylation is 1. The van der Waals surface area contributed by atoms with Crippen LogP contribution in [0.1, 0.15) is 19.4 Å². The summed E-state index contributed by atoms with van der Waals surface area (Å²) < 4.78 is 7.49. The van der Waals surface area contributed by atoms with Crippen LogP contribution in [-0.2, 0) is 12.6 Å². The summed E-state index contributed by atoms with van der Waals surface area (Å²) in [5.74, 6) is 0.843. The number of nitrogens with zero attached hydrogens (tertiary/aromatic N) is 1. The fourth-order valence-corrected chi connectivity index (χ4v) is 2.50. The van der Waals surface area contributed by atoms with E-state index in [0.29, 0.717) is 0 Å². The molecule has 0 unspecified atom stereocenters. The average molecular weight is 267 g/mol. The largest absolute Gasteiger partial charge is 0.495 e. The lowest BCUT2D eigenvalue weighted by molar-refractivity contribution is 0.418. The van der Waals surface area contributed by atoms with E-state index in [2.05, 4.69) is 29.9 Å². The van der Waals surface area contributed by atoms with Gasteiger partial charge in [0.2, 0.25) is 0 Å². The van der Waals surface area contributed by atoms with Crippen LogP contribution in [0, 0.1) is 0 Å². The van der Waals surface area contributed by atoms with E-state index < -0.39 is 0 Å². The molecular formula is C14H19ClN2O. The molecule has 0 spiro atoms. The van der Waals surface area contributed by atoms with Gasteiger partial charge in [-0.1, -0.05) is 11.6 Å². The zero-order chi connectivity index (χ0) is 13.5. The van der Waals surface area contributed by atoms with Crippen molar-refractivity contribution in [3.05, 3.63) is 28.9 Å². The van der Waals surface area contributed by atoms with Crippen LogP contribution in [0.4, 0.5) is 0 Å². The van der Waals surface area contributed by atoms with Gasteiger partial charge in [0.25, 0.3) is 0 Å². The summed E-state index contributed by atoms with van der Waals surface area (Å²) in [6.45, 7) is 4.27. The SMILES string of the molecule is CNC(C)(C)c1cn(C)c2c(OC)ccc(Cl)c12. The molecular weight excluding hydrogens is 248 g/mol. The molecule has 1 N–H and O–H groups in total. The van der Waals surface area contributed by atoms with E-state index in [1.54, 1.807) is 7.11 Å². The molecule has 98 valence electrons. The van der Waals surface area contributed by atoms with Crippen molar-refractivity contribution < 1.29 is 4.74 Å². The van der Waals surface area contributed by atoms with E-state index in [0.717, 1.165) is 21.7 Å². The van der Waals surface area contributed by atoms with Gasteiger partial charge in [0.15, 0.2) is 0 Å². The van der Waals surface area contributed by atoms with E-state index in [1.807, 2.05) is 26.2 Å². The van der Waals surface area contributed by atoms with Crippen molar-refractivity contribution in [2.24, 2.45) is 7.05 Å². The predicted molar refractivity (Wildman–Crippen MR) is 76.6 cm³/mol. The number of halogens is 1. The summed E-state index contributed by atoms with van der Waals surface area (Å²) in [5.41, 5.74) is 2.06. The molecule has 0 fully saturated rings. The fraction of sp³-hybridized carbons (Fsp3) is 0.429. The van der Waals surface area contributed by atoms with Gasteiger partial charge in [0.05, 0.1) is 17.6 Å². The lowest BCUT2D eigenvalue weighted by atomic mass is 9.94. The highest BCUT2D eigenvalue weighted by molar-refractivity contribution is 6.36. The number of rotatable bonds is 3. The third-order valence-electron chi connectivity index (χ3n) is 3.55. The first-order chi connectivity index (χ1) is 8.42. The van der Waals surface area contributed by atoms with Crippen LogP contribution in [0.2, 0.25) is 5.02 Å². The molecule has 18 heavy (non-hydrogen) atoms. The number of hydrogen-bond donors (Lipinski definition) is 1. The molecule has 0 amide bonds. The van der Waals surface area contributed by atoms with Gasteiger partial charge in [-0.05, 0) is 38.6 Å². The third-order valence-corrected chi connectivity index (χ3v) is 3.87. The van der Waals surface area contributed by atoms with Crippen molar-refractivity contribution in [3.63, 3.8) is 0 Å². The molecule has 0 atom stereocenters. The van der Waals surface area contributed by atoms with Gasteiger partial charge in [0, 0.05) is 24.2 Å². The van der Waals surface area contributed by atoms with Crippen LogP contribution >= 0.6 is 11.6 Å². The van der Waals surface area contributed by atoms with Gasteiger partial charge < -0.3 is 14.6 Å². The van der Waals surface area contributed by atoms with Gasteiger partial charge >= 0.3 is 0 Å². The number of aromatic nitrogens is 1. The Kier molecular flexibility index (Phi) is 3.30. The second kappa shape index (κ2) is 4.48. The molecule has 0 aliphatic heterocycles. The van der Waals surface area contributed by atoms with Crippen molar-refractivity contribution >= 4 is 22.5 Å². The highest BCUT2D eigenvalue weighted by atomic mass is 35.5. The summed E-state index contributed by atoms with van der Waals surface area (Å²) in [4.78, 5) is 0. The average Bonchev–Trinajstić information content (AvgIpc) is 2.70. The lowest BCUT2D eigenvalue weighted by Gasteiger charge is -2.24. The van der Waals surface area contributed by atoms with E-state index in [4.69, 9.17) is 16.3 Å². The van der Waals surface area contributed by atoms with Crippen LogP contribution in [0.5, 0.6) is 5.75 Å². The number of nitrogens with one attached hydrogen (secondary N) is 1. The molecule has 2 aromatic rings. The van der Waals surface area contributed by atoms with Gasteiger partial charge in [-0.3, -0.25) is 0 Å².